The van der Waals surface area contributed by atoms with Gasteiger partial charge in [-0.25, -0.2) is 21.9 Å². The van der Waals surface area contributed by atoms with Crippen molar-refractivity contribution in [3.63, 3.8) is 0 Å². The van der Waals surface area contributed by atoms with Crippen molar-refractivity contribution in [2.24, 2.45) is 0 Å². The van der Waals surface area contributed by atoms with E-state index in [1.54, 1.807) is 0 Å². The second-order valence-electron chi connectivity index (χ2n) is 4.44. The molecule has 0 aliphatic carbocycles. The van der Waals surface area contributed by atoms with Crippen molar-refractivity contribution >= 4 is 21.4 Å². The molecule has 0 aliphatic rings. The van der Waals surface area contributed by atoms with Gasteiger partial charge in [-0.3, -0.25) is 4.79 Å². The number of nitrogens with one attached hydrogen (secondary N) is 2. The smallest absolute Gasteiger partial charge is 0.305 e. The Morgan fingerprint density at radius 2 is 2.00 bits per heavy atom. The molecule has 1 atom stereocenters. The van der Waals surface area contributed by atoms with Crippen LogP contribution in [0.3, 0.4) is 0 Å². The Morgan fingerprint density at radius 3 is 2.52 bits per heavy atom. The first-order valence-electron chi connectivity index (χ1n) is 5.87. The van der Waals surface area contributed by atoms with Gasteiger partial charge < -0.3 is 4.98 Å². The van der Waals surface area contributed by atoms with Crippen molar-refractivity contribution in [2.45, 2.75) is 24.1 Å². The Morgan fingerprint density at radius 1 is 1.33 bits per heavy atom. The Balaban J connectivity index is 2.32. The first kappa shape index (κ1) is 15.8. The van der Waals surface area contributed by atoms with Crippen LogP contribution in [-0.2, 0) is 10.0 Å². The quantitative estimate of drug-likeness (QED) is 0.898. The van der Waals surface area contributed by atoms with E-state index in [-0.39, 0.29) is 15.5 Å². The number of halogens is 2. The SMILES string of the molecule is Cc1[nH]c(=O)sc1S(=O)(=O)NC(C)c1ccc(F)cc1F. The predicted octanol–water partition coefficient (Wildman–Crippen LogP) is 2.06. The van der Waals surface area contributed by atoms with E-state index in [0.717, 1.165) is 6.07 Å². The zero-order valence-corrected chi connectivity index (χ0v) is 12.7. The predicted molar refractivity (Wildman–Crippen MR) is 74.8 cm³/mol. The van der Waals surface area contributed by atoms with Gasteiger partial charge in [0.1, 0.15) is 11.6 Å². The fourth-order valence-corrected chi connectivity index (χ4v) is 4.39. The van der Waals surface area contributed by atoms with Crippen molar-refractivity contribution in [3.05, 3.63) is 50.8 Å². The number of aryl methyl sites for hydroxylation is 1. The largest absolute Gasteiger partial charge is 0.315 e. The van der Waals surface area contributed by atoms with Crippen LogP contribution >= 0.6 is 11.3 Å². The summed E-state index contributed by atoms with van der Waals surface area (Å²) < 4.78 is 52.9. The molecule has 114 valence electrons. The Labute approximate surface area is 123 Å². The maximum Gasteiger partial charge on any atom is 0.305 e. The van der Waals surface area contributed by atoms with Crippen molar-refractivity contribution in [3.8, 4) is 0 Å². The molecule has 0 fully saturated rings. The lowest BCUT2D eigenvalue weighted by Crippen LogP contribution is -2.27. The summed E-state index contributed by atoms with van der Waals surface area (Å²) in [5.74, 6) is -1.59. The number of rotatable bonds is 4. The third-order valence-corrected chi connectivity index (χ3v) is 5.93. The second kappa shape index (κ2) is 5.66. The normalized spacial score (nSPS) is 13.3. The standard InChI is InChI=1S/C12H12F2N2O3S2/c1-6(9-4-3-8(13)5-10(9)14)16-21(18,19)11-7(2)15-12(17)20-11/h3-6,16H,1-2H3,(H,15,17). The minimum absolute atomic E-state index is 0.0144. The average Bonchev–Trinajstić information content (AvgIpc) is 2.68. The lowest BCUT2D eigenvalue weighted by molar-refractivity contribution is 0.540. The van der Waals surface area contributed by atoms with Crippen LogP contribution in [0.2, 0.25) is 0 Å². The number of aromatic amines is 1. The lowest BCUT2D eigenvalue weighted by atomic mass is 10.1. The summed E-state index contributed by atoms with van der Waals surface area (Å²) in [6.07, 6.45) is 0. The molecular formula is C12H12F2N2O3S2. The van der Waals surface area contributed by atoms with Gasteiger partial charge in [0.25, 0.3) is 10.0 Å². The summed E-state index contributed by atoms with van der Waals surface area (Å²) in [7, 11) is -3.97. The number of thiazole rings is 1. The summed E-state index contributed by atoms with van der Waals surface area (Å²) in [5, 5.41) is 0. The Hall–Kier alpha value is -1.58. The van der Waals surface area contributed by atoms with Crippen molar-refractivity contribution in [2.75, 3.05) is 0 Å². The molecule has 21 heavy (non-hydrogen) atoms. The highest BCUT2D eigenvalue weighted by molar-refractivity contribution is 7.91. The Bertz CT molecular complexity index is 827. The van der Waals surface area contributed by atoms with Crippen LogP contribution in [0.1, 0.15) is 24.2 Å². The molecule has 0 amide bonds. The highest BCUT2D eigenvalue weighted by Gasteiger charge is 2.24. The molecule has 2 aromatic rings. The molecule has 0 bridgehead atoms. The molecule has 1 aromatic heterocycles. The number of sulfonamides is 1. The van der Waals surface area contributed by atoms with E-state index < -0.39 is 32.6 Å². The van der Waals surface area contributed by atoms with Crippen LogP contribution in [0.5, 0.6) is 0 Å². The van der Waals surface area contributed by atoms with Gasteiger partial charge in [0.15, 0.2) is 4.21 Å². The molecule has 1 unspecified atom stereocenters. The van der Waals surface area contributed by atoms with Crippen LogP contribution in [-0.4, -0.2) is 13.4 Å². The third-order valence-electron chi connectivity index (χ3n) is 2.79. The minimum atomic E-state index is -3.97. The van der Waals surface area contributed by atoms with E-state index in [0.29, 0.717) is 17.4 Å². The topological polar surface area (TPSA) is 79.0 Å². The molecule has 0 saturated heterocycles. The number of hydrogen-bond donors (Lipinski definition) is 2. The Kier molecular flexibility index (Phi) is 4.26. The van der Waals surface area contributed by atoms with E-state index in [2.05, 4.69) is 9.71 Å². The summed E-state index contributed by atoms with van der Waals surface area (Å²) in [4.78, 5) is 13.0. The van der Waals surface area contributed by atoms with Crippen molar-refractivity contribution < 1.29 is 17.2 Å². The summed E-state index contributed by atoms with van der Waals surface area (Å²) in [5.41, 5.74) is 0.227. The summed E-state index contributed by atoms with van der Waals surface area (Å²) in [6, 6.07) is 1.99. The summed E-state index contributed by atoms with van der Waals surface area (Å²) >= 11 is 0.550. The molecule has 0 radical (unpaired) electrons. The lowest BCUT2D eigenvalue weighted by Gasteiger charge is -2.14. The van der Waals surface area contributed by atoms with Gasteiger partial charge in [-0.1, -0.05) is 17.4 Å². The van der Waals surface area contributed by atoms with E-state index in [9.17, 15) is 22.0 Å². The maximum absolute atomic E-state index is 13.6. The zero-order valence-electron chi connectivity index (χ0n) is 11.1. The van der Waals surface area contributed by atoms with Gasteiger partial charge in [0, 0.05) is 23.4 Å². The zero-order chi connectivity index (χ0) is 15.8. The van der Waals surface area contributed by atoms with Crippen LogP contribution in [0.4, 0.5) is 8.78 Å². The van der Waals surface area contributed by atoms with Gasteiger partial charge in [-0.2, -0.15) is 0 Å². The molecule has 1 heterocycles. The summed E-state index contributed by atoms with van der Waals surface area (Å²) in [6.45, 7) is 2.88. The van der Waals surface area contributed by atoms with Crippen LogP contribution in [0.15, 0.2) is 27.2 Å². The van der Waals surface area contributed by atoms with Gasteiger partial charge in [-0.05, 0) is 19.9 Å². The highest BCUT2D eigenvalue weighted by atomic mass is 32.2. The van der Waals surface area contributed by atoms with Crippen molar-refractivity contribution in [1.29, 1.82) is 0 Å². The van der Waals surface area contributed by atoms with Crippen molar-refractivity contribution in [1.82, 2.24) is 9.71 Å². The van der Waals surface area contributed by atoms with Gasteiger partial charge in [0.2, 0.25) is 0 Å². The van der Waals surface area contributed by atoms with E-state index in [1.807, 2.05) is 0 Å². The molecule has 5 nitrogen and oxygen atoms in total. The highest BCUT2D eigenvalue weighted by Crippen LogP contribution is 2.22. The monoisotopic (exact) mass is 334 g/mol. The molecule has 2 N–H and O–H groups in total. The third kappa shape index (κ3) is 3.36. The number of benzene rings is 1. The first-order chi connectivity index (χ1) is 9.70. The number of H-pyrrole nitrogens is 1. The van der Waals surface area contributed by atoms with Crippen LogP contribution < -0.4 is 9.60 Å². The van der Waals surface area contributed by atoms with Gasteiger partial charge in [0.05, 0.1) is 0 Å². The van der Waals surface area contributed by atoms with E-state index in [1.165, 1.54) is 19.9 Å². The van der Waals surface area contributed by atoms with E-state index >= 15 is 0 Å². The maximum atomic E-state index is 13.6. The first-order valence-corrected chi connectivity index (χ1v) is 8.17. The molecule has 2 rings (SSSR count). The molecular weight excluding hydrogens is 322 g/mol. The fourth-order valence-electron chi connectivity index (χ4n) is 1.85. The van der Waals surface area contributed by atoms with E-state index in [4.69, 9.17) is 0 Å². The second-order valence-corrected chi connectivity index (χ2v) is 7.33. The number of hydrogen-bond acceptors (Lipinski definition) is 4. The average molecular weight is 334 g/mol. The molecule has 0 saturated carbocycles. The van der Waals surface area contributed by atoms with Crippen LogP contribution in [0.25, 0.3) is 0 Å². The van der Waals surface area contributed by atoms with Crippen LogP contribution in [0, 0.1) is 18.6 Å². The molecule has 0 spiro atoms. The van der Waals surface area contributed by atoms with Gasteiger partial charge >= 0.3 is 4.87 Å². The van der Waals surface area contributed by atoms with Gasteiger partial charge in [-0.15, -0.1) is 0 Å². The minimum Gasteiger partial charge on any atom is -0.315 e. The molecule has 1 aromatic carbocycles. The number of aromatic nitrogens is 1. The molecule has 0 aliphatic heterocycles. The molecule has 9 heteroatoms. The fraction of sp³-hybridized carbons (Fsp3) is 0.250.